The number of anilines is 1. The Kier molecular flexibility index (Phi) is 4.18. The third kappa shape index (κ3) is 3.25. The molecule has 116 valence electrons. The van der Waals surface area contributed by atoms with Crippen molar-refractivity contribution in [2.24, 2.45) is 0 Å². The Labute approximate surface area is 125 Å². The van der Waals surface area contributed by atoms with Gasteiger partial charge < -0.3 is 10.4 Å². The summed E-state index contributed by atoms with van der Waals surface area (Å²) in [7, 11) is 0. The Morgan fingerprint density at radius 1 is 1.14 bits per heavy atom. The van der Waals surface area contributed by atoms with Gasteiger partial charge in [-0.2, -0.15) is 13.2 Å². The third-order valence-corrected chi connectivity index (χ3v) is 3.54. The van der Waals surface area contributed by atoms with Gasteiger partial charge in [0.25, 0.3) is 0 Å². The molecule has 0 bridgehead atoms. The lowest BCUT2D eigenvalue weighted by Gasteiger charge is -2.08. The summed E-state index contributed by atoms with van der Waals surface area (Å²) in [4.78, 5) is 22.2. The quantitative estimate of drug-likeness (QED) is 0.841. The van der Waals surface area contributed by atoms with E-state index in [1.165, 1.54) is 22.8 Å². The average molecular weight is 333 g/mol. The van der Waals surface area contributed by atoms with E-state index < -0.39 is 34.4 Å². The monoisotopic (exact) mass is 333 g/mol. The van der Waals surface area contributed by atoms with Crippen LogP contribution in [0.1, 0.15) is 10.4 Å². The van der Waals surface area contributed by atoms with Crippen LogP contribution in [0, 0.1) is 5.82 Å². The van der Waals surface area contributed by atoms with E-state index in [0.29, 0.717) is 16.9 Å². The third-order valence-electron chi connectivity index (χ3n) is 2.64. The minimum Gasteiger partial charge on any atom is -0.478 e. The van der Waals surface area contributed by atoms with Crippen molar-refractivity contribution in [3.05, 3.63) is 41.0 Å². The van der Waals surface area contributed by atoms with Gasteiger partial charge in [0.1, 0.15) is 16.4 Å². The van der Waals surface area contributed by atoms with Gasteiger partial charge >= 0.3 is 18.1 Å². The number of aromatic carboxylic acids is 1. The summed E-state index contributed by atoms with van der Waals surface area (Å²) in [5.74, 6) is -4.30. The predicted octanol–water partition coefficient (Wildman–Crippen LogP) is 3.75. The van der Waals surface area contributed by atoms with Gasteiger partial charge in [0, 0.05) is 10.9 Å². The van der Waals surface area contributed by atoms with Crippen LogP contribution in [-0.4, -0.2) is 23.2 Å². The molecule has 0 saturated carbocycles. The van der Waals surface area contributed by atoms with Crippen molar-refractivity contribution in [3.8, 4) is 11.1 Å². The molecular formula is C13H7F4NO3S. The maximum atomic E-state index is 12.9. The van der Waals surface area contributed by atoms with Crippen LogP contribution in [0.2, 0.25) is 0 Å². The fourth-order valence-electron chi connectivity index (χ4n) is 1.68. The number of carbonyl (C=O) groups excluding carboxylic acids is 1. The van der Waals surface area contributed by atoms with Gasteiger partial charge in [0.2, 0.25) is 0 Å². The van der Waals surface area contributed by atoms with Crippen molar-refractivity contribution in [3.63, 3.8) is 0 Å². The summed E-state index contributed by atoms with van der Waals surface area (Å²) in [5.41, 5.74) is -0.0771. The second-order valence-electron chi connectivity index (χ2n) is 4.12. The molecule has 2 rings (SSSR count). The average Bonchev–Trinajstić information content (AvgIpc) is 2.82. The first-order chi connectivity index (χ1) is 10.2. The fraction of sp³-hybridized carbons (Fsp3) is 0.0769. The minimum absolute atomic E-state index is 0.0926. The summed E-state index contributed by atoms with van der Waals surface area (Å²) in [6.45, 7) is 0. The zero-order valence-corrected chi connectivity index (χ0v) is 11.4. The second kappa shape index (κ2) is 5.76. The Balaban J connectivity index is 2.44. The van der Waals surface area contributed by atoms with Crippen LogP contribution in [0.25, 0.3) is 11.1 Å². The topological polar surface area (TPSA) is 66.4 Å². The molecule has 0 aliphatic heterocycles. The van der Waals surface area contributed by atoms with E-state index in [9.17, 15) is 27.2 Å². The Morgan fingerprint density at radius 2 is 1.73 bits per heavy atom. The number of amides is 1. The number of alkyl halides is 3. The highest BCUT2D eigenvalue weighted by Crippen LogP contribution is 2.36. The lowest BCUT2D eigenvalue weighted by atomic mass is 10.0. The van der Waals surface area contributed by atoms with E-state index in [4.69, 9.17) is 5.11 Å². The van der Waals surface area contributed by atoms with Gasteiger partial charge in [-0.15, -0.1) is 11.3 Å². The number of benzene rings is 1. The van der Waals surface area contributed by atoms with Gasteiger partial charge in [-0.3, -0.25) is 4.79 Å². The fourth-order valence-corrected chi connectivity index (χ4v) is 2.63. The molecule has 0 aliphatic carbocycles. The number of thiophene rings is 1. The highest BCUT2D eigenvalue weighted by atomic mass is 32.1. The molecule has 22 heavy (non-hydrogen) atoms. The van der Waals surface area contributed by atoms with Crippen LogP contribution in [0.4, 0.5) is 22.6 Å². The summed E-state index contributed by atoms with van der Waals surface area (Å²) >= 11 is 0.641. The van der Waals surface area contributed by atoms with Crippen LogP contribution < -0.4 is 5.32 Å². The zero-order valence-electron chi connectivity index (χ0n) is 10.6. The molecule has 1 heterocycles. The molecule has 9 heteroatoms. The van der Waals surface area contributed by atoms with Crippen molar-refractivity contribution in [1.82, 2.24) is 0 Å². The molecule has 1 aromatic heterocycles. The van der Waals surface area contributed by atoms with E-state index in [1.807, 2.05) is 0 Å². The molecule has 2 N–H and O–H groups in total. The molecule has 0 saturated heterocycles. The van der Waals surface area contributed by atoms with Crippen LogP contribution in [0.15, 0.2) is 29.6 Å². The SMILES string of the molecule is O=C(O)c1c(-c2ccc(F)cc2)csc1NC(=O)C(F)(F)F. The van der Waals surface area contributed by atoms with E-state index in [0.717, 1.165) is 12.1 Å². The van der Waals surface area contributed by atoms with Gasteiger partial charge in [0.05, 0.1) is 0 Å². The number of nitrogens with one attached hydrogen (secondary N) is 1. The minimum atomic E-state index is -5.13. The molecule has 0 spiro atoms. The van der Waals surface area contributed by atoms with Crippen LogP contribution in [0.5, 0.6) is 0 Å². The van der Waals surface area contributed by atoms with Crippen molar-refractivity contribution in [1.29, 1.82) is 0 Å². The van der Waals surface area contributed by atoms with Gasteiger partial charge in [-0.1, -0.05) is 12.1 Å². The molecule has 0 aliphatic rings. The molecule has 0 atom stereocenters. The lowest BCUT2D eigenvalue weighted by molar-refractivity contribution is -0.167. The zero-order chi connectivity index (χ0) is 16.5. The van der Waals surface area contributed by atoms with Crippen molar-refractivity contribution in [2.45, 2.75) is 6.18 Å². The van der Waals surface area contributed by atoms with E-state index in [-0.39, 0.29) is 5.56 Å². The van der Waals surface area contributed by atoms with E-state index in [1.54, 1.807) is 0 Å². The van der Waals surface area contributed by atoms with E-state index in [2.05, 4.69) is 0 Å². The Morgan fingerprint density at radius 3 is 2.23 bits per heavy atom. The van der Waals surface area contributed by atoms with Crippen molar-refractivity contribution in [2.75, 3.05) is 5.32 Å². The highest BCUT2D eigenvalue weighted by Gasteiger charge is 2.39. The van der Waals surface area contributed by atoms with Crippen molar-refractivity contribution < 1.29 is 32.3 Å². The van der Waals surface area contributed by atoms with E-state index >= 15 is 0 Å². The summed E-state index contributed by atoms with van der Waals surface area (Å²) in [5, 5.41) is 11.5. The number of rotatable bonds is 3. The molecular weight excluding hydrogens is 326 g/mol. The Bertz CT molecular complexity index is 722. The summed E-state index contributed by atoms with van der Waals surface area (Å²) in [6, 6.07) is 4.76. The first kappa shape index (κ1) is 16.0. The molecule has 2 aromatic rings. The first-order valence-electron chi connectivity index (χ1n) is 5.69. The maximum absolute atomic E-state index is 12.9. The lowest BCUT2D eigenvalue weighted by Crippen LogP contribution is -2.30. The highest BCUT2D eigenvalue weighted by molar-refractivity contribution is 7.15. The number of carbonyl (C=O) groups is 2. The van der Waals surface area contributed by atoms with Crippen LogP contribution in [-0.2, 0) is 4.79 Å². The molecule has 1 amide bonds. The number of hydrogen-bond acceptors (Lipinski definition) is 3. The second-order valence-corrected chi connectivity index (χ2v) is 5.00. The normalized spacial score (nSPS) is 11.3. The largest absolute Gasteiger partial charge is 0.478 e. The standard InChI is InChI=1S/C13H7F4NO3S/c14-7-3-1-6(2-4-7)8-5-22-10(9(8)11(19)20)18-12(21)13(15,16)17/h1-5H,(H,18,21)(H,19,20). The summed E-state index contributed by atoms with van der Waals surface area (Å²) < 4.78 is 49.6. The van der Waals surface area contributed by atoms with Gasteiger partial charge in [0.15, 0.2) is 0 Å². The molecule has 0 radical (unpaired) electrons. The van der Waals surface area contributed by atoms with Crippen LogP contribution >= 0.6 is 11.3 Å². The predicted molar refractivity (Wildman–Crippen MR) is 71.4 cm³/mol. The number of hydrogen-bond donors (Lipinski definition) is 2. The van der Waals surface area contributed by atoms with Crippen molar-refractivity contribution >= 4 is 28.2 Å². The summed E-state index contributed by atoms with van der Waals surface area (Å²) in [6.07, 6.45) is -5.13. The first-order valence-corrected chi connectivity index (χ1v) is 6.57. The van der Waals surface area contributed by atoms with Gasteiger partial charge in [-0.25, -0.2) is 9.18 Å². The smallest absolute Gasteiger partial charge is 0.471 e. The molecule has 0 unspecified atom stereocenters. The maximum Gasteiger partial charge on any atom is 0.471 e. The van der Waals surface area contributed by atoms with Crippen LogP contribution in [0.3, 0.4) is 0 Å². The Hall–Kier alpha value is -2.42. The van der Waals surface area contributed by atoms with Gasteiger partial charge in [-0.05, 0) is 17.7 Å². The number of carboxylic acids is 1. The number of carboxylic acid groups (broad SMARTS) is 1. The molecule has 4 nitrogen and oxygen atoms in total. The number of halogens is 4. The molecule has 1 aromatic carbocycles. The molecule has 0 fully saturated rings.